The summed E-state index contributed by atoms with van der Waals surface area (Å²) >= 11 is 0. The summed E-state index contributed by atoms with van der Waals surface area (Å²) in [5, 5.41) is 0. The molecule has 0 heterocycles. The second kappa shape index (κ2) is 7.07. The van der Waals surface area contributed by atoms with Gasteiger partial charge in [-0.05, 0) is 26.3 Å². The van der Waals surface area contributed by atoms with Gasteiger partial charge in [0.05, 0.1) is 13.0 Å². The Morgan fingerprint density at radius 1 is 1.22 bits per heavy atom. The van der Waals surface area contributed by atoms with E-state index in [4.69, 9.17) is 4.74 Å². The highest BCUT2D eigenvalue weighted by Crippen LogP contribution is 2.13. The molecule has 0 aliphatic rings. The summed E-state index contributed by atoms with van der Waals surface area (Å²) in [5.74, 6) is -0.164. The van der Waals surface area contributed by atoms with E-state index in [1.807, 2.05) is 32.9 Å². The Bertz CT molecular complexity index is 435. The van der Waals surface area contributed by atoms with Crippen LogP contribution in [0.1, 0.15) is 41.3 Å². The Morgan fingerprint density at radius 3 is 2.56 bits per heavy atom. The number of aryl methyl sites for hydroxylation is 2. The molecule has 3 nitrogen and oxygen atoms in total. The Morgan fingerprint density at radius 2 is 1.94 bits per heavy atom. The molecular formula is C15H20O3. The van der Waals surface area contributed by atoms with Gasteiger partial charge in [-0.3, -0.25) is 9.59 Å². The average molecular weight is 248 g/mol. The molecule has 1 aromatic carbocycles. The first-order chi connectivity index (χ1) is 8.54. The first kappa shape index (κ1) is 14.6. The smallest absolute Gasteiger partial charge is 0.170 e. The van der Waals surface area contributed by atoms with Gasteiger partial charge in [-0.1, -0.05) is 23.8 Å². The zero-order valence-corrected chi connectivity index (χ0v) is 11.3. The van der Waals surface area contributed by atoms with Crippen LogP contribution in [0, 0.1) is 13.8 Å². The molecule has 0 saturated heterocycles. The van der Waals surface area contributed by atoms with Gasteiger partial charge >= 0.3 is 0 Å². The molecular weight excluding hydrogens is 228 g/mol. The number of carbonyl (C=O) groups excluding carboxylic acids is 2. The zero-order valence-electron chi connectivity index (χ0n) is 11.3. The third-order valence-electron chi connectivity index (χ3n) is 2.77. The summed E-state index contributed by atoms with van der Waals surface area (Å²) in [4.78, 5) is 23.5. The molecule has 1 rings (SSSR count). The standard InChI is InChI=1S/C15H20O3/c1-4-18-8-7-13(16)10-15(17)14-6-5-11(2)9-12(14)3/h5-6,9H,4,7-8,10H2,1-3H3. The fourth-order valence-corrected chi connectivity index (χ4v) is 1.82. The maximum atomic E-state index is 12.0. The molecule has 0 N–H and O–H groups in total. The Kier molecular flexibility index (Phi) is 5.72. The van der Waals surface area contributed by atoms with Crippen molar-refractivity contribution in [3.63, 3.8) is 0 Å². The number of rotatable bonds is 7. The predicted octanol–water partition coefficient (Wildman–Crippen LogP) is 2.87. The molecule has 0 amide bonds. The van der Waals surface area contributed by atoms with Crippen molar-refractivity contribution < 1.29 is 14.3 Å². The van der Waals surface area contributed by atoms with E-state index in [9.17, 15) is 9.59 Å². The molecule has 3 heteroatoms. The van der Waals surface area contributed by atoms with Crippen molar-refractivity contribution in [1.29, 1.82) is 0 Å². The van der Waals surface area contributed by atoms with Gasteiger partial charge in [-0.15, -0.1) is 0 Å². The van der Waals surface area contributed by atoms with Crippen LogP contribution in [0.4, 0.5) is 0 Å². The lowest BCUT2D eigenvalue weighted by molar-refractivity contribution is -0.119. The average Bonchev–Trinajstić information content (AvgIpc) is 2.28. The topological polar surface area (TPSA) is 43.4 Å². The van der Waals surface area contributed by atoms with E-state index >= 15 is 0 Å². The van der Waals surface area contributed by atoms with Crippen molar-refractivity contribution in [3.05, 3.63) is 34.9 Å². The van der Waals surface area contributed by atoms with Crippen LogP contribution in [-0.4, -0.2) is 24.8 Å². The zero-order chi connectivity index (χ0) is 13.5. The molecule has 0 unspecified atom stereocenters. The third kappa shape index (κ3) is 4.41. The molecule has 0 fully saturated rings. The van der Waals surface area contributed by atoms with E-state index in [1.54, 1.807) is 6.07 Å². The number of carbonyl (C=O) groups is 2. The largest absolute Gasteiger partial charge is 0.381 e. The first-order valence-corrected chi connectivity index (χ1v) is 6.24. The van der Waals surface area contributed by atoms with Gasteiger partial charge in [0.1, 0.15) is 5.78 Å². The minimum Gasteiger partial charge on any atom is -0.381 e. The number of ether oxygens (including phenoxy) is 1. The summed E-state index contributed by atoms with van der Waals surface area (Å²) in [6, 6.07) is 5.64. The number of benzene rings is 1. The number of hydrogen-bond donors (Lipinski definition) is 0. The van der Waals surface area contributed by atoms with Crippen molar-refractivity contribution in [3.8, 4) is 0 Å². The molecule has 0 aromatic heterocycles. The van der Waals surface area contributed by atoms with Crippen LogP contribution in [0.5, 0.6) is 0 Å². The SMILES string of the molecule is CCOCCC(=O)CC(=O)c1ccc(C)cc1C. The summed E-state index contributed by atoms with van der Waals surface area (Å²) in [5.41, 5.74) is 2.69. The second-order valence-electron chi connectivity index (χ2n) is 4.40. The first-order valence-electron chi connectivity index (χ1n) is 6.24. The van der Waals surface area contributed by atoms with E-state index in [2.05, 4.69) is 0 Å². The highest BCUT2D eigenvalue weighted by molar-refractivity contribution is 6.08. The lowest BCUT2D eigenvalue weighted by Gasteiger charge is -2.06. The lowest BCUT2D eigenvalue weighted by Crippen LogP contribution is -2.11. The summed E-state index contributed by atoms with van der Waals surface area (Å²) in [7, 11) is 0. The molecule has 0 saturated carbocycles. The Labute approximate surface area is 108 Å². The van der Waals surface area contributed by atoms with Gasteiger partial charge in [-0.25, -0.2) is 0 Å². The van der Waals surface area contributed by atoms with Crippen LogP contribution in [0.2, 0.25) is 0 Å². The van der Waals surface area contributed by atoms with Crippen LogP contribution in [0.15, 0.2) is 18.2 Å². The minimum absolute atomic E-state index is 0.0308. The van der Waals surface area contributed by atoms with Crippen molar-refractivity contribution in [1.82, 2.24) is 0 Å². The summed E-state index contributed by atoms with van der Waals surface area (Å²) in [6.07, 6.45) is 0.279. The van der Waals surface area contributed by atoms with E-state index in [1.165, 1.54) is 0 Å². The normalized spacial score (nSPS) is 10.4. The van der Waals surface area contributed by atoms with Crippen LogP contribution >= 0.6 is 0 Å². The lowest BCUT2D eigenvalue weighted by atomic mass is 9.99. The molecule has 0 aliphatic carbocycles. The van der Waals surface area contributed by atoms with Crippen molar-refractivity contribution >= 4 is 11.6 Å². The molecule has 0 radical (unpaired) electrons. The van der Waals surface area contributed by atoms with Crippen LogP contribution in [0.25, 0.3) is 0 Å². The molecule has 1 aromatic rings. The second-order valence-corrected chi connectivity index (χ2v) is 4.40. The highest BCUT2D eigenvalue weighted by Gasteiger charge is 2.13. The molecule has 18 heavy (non-hydrogen) atoms. The van der Waals surface area contributed by atoms with Gasteiger partial charge in [0.25, 0.3) is 0 Å². The third-order valence-corrected chi connectivity index (χ3v) is 2.77. The fourth-order valence-electron chi connectivity index (χ4n) is 1.82. The molecule has 98 valence electrons. The monoisotopic (exact) mass is 248 g/mol. The number of Topliss-reactive ketones (excluding diaryl/α,β-unsaturated/α-hetero) is 2. The van der Waals surface area contributed by atoms with Crippen LogP contribution in [-0.2, 0) is 9.53 Å². The Balaban J connectivity index is 2.57. The van der Waals surface area contributed by atoms with E-state index < -0.39 is 0 Å². The minimum atomic E-state index is -0.103. The van der Waals surface area contributed by atoms with Gasteiger partial charge < -0.3 is 4.74 Å². The highest BCUT2D eigenvalue weighted by atomic mass is 16.5. The fraction of sp³-hybridized carbons (Fsp3) is 0.467. The van der Waals surface area contributed by atoms with Crippen LogP contribution in [0.3, 0.4) is 0 Å². The molecule has 0 bridgehead atoms. The van der Waals surface area contributed by atoms with E-state index in [-0.39, 0.29) is 18.0 Å². The van der Waals surface area contributed by atoms with Crippen LogP contribution < -0.4 is 0 Å². The maximum absolute atomic E-state index is 12.0. The summed E-state index contributed by atoms with van der Waals surface area (Å²) in [6.45, 7) is 6.75. The quantitative estimate of drug-likeness (QED) is 0.423. The van der Waals surface area contributed by atoms with Gasteiger partial charge in [0, 0.05) is 18.6 Å². The molecule has 0 spiro atoms. The van der Waals surface area contributed by atoms with Crippen molar-refractivity contribution in [2.75, 3.05) is 13.2 Å². The molecule has 0 atom stereocenters. The van der Waals surface area contributed by atoms with Gasteiger partial charge in [0.2, 0.25) is 0 Å². The summed E-state index contributed by atoms with van der Waals surface area (Å²) < 4.78 is 5.10. The number of hydrogen-bond acceptors (Lipinski definition) is 3. The van der Waals surface area contributed by atoms with E-state index in [0.29, 0.717) is 25.2 Å². The predicted molar refractivity (Wildman–Crippen MR) is 71.0 cm³/mol. The van der Waals surface area contributed by atoms with Crippen molar-refractivity contribution in [2.45, 2.75) is 33.6 Å². The van der Waals surface area contributed by atoms with Crippen molar-refractivity contribution in [2.24, 2.45) is 0 Å². The van der Waals surface area contributed by atoms with Gasteiger partial charge in [-0.2, -0.15) is 0 Å². The number of ketones is 2. The maximum Gasteiger partial charge on any atom is 0.170 e. The molecule has 0 aliphatic heterocycles. The Hall–Kier alpha value is -1.48. The van der Waals surface area contributed by atoms with E-state index in [0.717, 1.165) is 11.1 Å². The van der Waals surface area contributed by atoms with Gasteiger partial charge in [0.15, 0.2) is 5.78 Å².